The van der Waals surface area contributed by atoms with E-state index in [0.29, 0.717) is 10.7 Å². The van der Waals surface area contributed by atoms with Crippen molar-refractivity contribution in [2.45, 2.75) is 23.8 Å². The smallest absolute Gasteiger partial charge is 0.250 e. The molecule has 0 amide bonds. The summed E-state index contributed by atoms with van der Waals surface area (Å²) in [5.74, 6) is 0.553. The Bertz CT molecular complexity index is 604. The molecular weight excluding hydrogens is 274 g/mol. The van der Waals surface area contributed by atoms with Gasteiger partial charge >= 0.3 is 0 Å². The van der Waals surface area contributed by atoms with Crippen LogP contribution < -0.4 is 4.72 Å². The normalized spacial score (nSPS) is 13.7. The fourth-order valence-corrected chi connectivity index (χ4v) is 3.89. The van der Waals surface area contributed by atoms with Crippen molar-refractivity contribution >= 4 is 21.4 Å². The maximum Gasteiger partial charge on any atom is 0.250 e. The van der Waals surface area contributed by atoms with Crippen LogP contribution in [-0.4, -0.2) is 23.5 Å². The molecule has 1 atom stereocenters. The third-order valence-corrected chi connectivity index (χ3v) is 5.42. The molecule has 2 aromatic heterocycles. The maximum atomic E-state index is 12.0. The topological polar surface area (TPSA) is 95.1 Å². The van der Waals surface area contributed by atoms with Crippen LogP contribution in [-0.2, 0) is 16.6 Å². The summed E-state index contributed by atoms with van der Waals surface area (Å²) in [6.45, 7) is 1.55. The van der Waals surface area contributed by atoms with Gasteiger partial charge in [-0.25, -0.2) is 18.1 Å². The van der Waals surface area contributed by atoms with E-state index in [2.05, 4.69) is 14.7 Å². The van der Waals surface area contributed by atoms with Crippen LogP contribution in [0.3, 0.4) is 0 Å². The van der Waals surface area contributed by atoms with Crippen molar-refractivity contribution in [2.24, 2.45) is 0 Å². The first kappa shape index (κ1) is 13.2. The number of aliphatic hydroxyl groups is 1. The SMILES string of the molecule is CC(NS(=O)(=O)c1ccc(CO)s1)c1ncc[nH]1. The van der Waals surface area contributed by atoms with Gasteiger partial charge in [0.15, 0.2) is 0 Å². The molecule has 0 bridgehead atoms. The van der Waals surface area contributed by atoms with Gasteiger partial charge in [0.25, 0.3) is 10.0 Å². The summed E-state index contributed by atoms with van der Waals surface area (Å²) in [6.07, 6.45) is 3.20. The minimum absolute atomic E-state index is 0.159. The first-order chi connectivity index (χ1) is 8.53. The summed E-state index contributed by atoms with van der Waals surface area (Å²) in [4.78, 5) is 7.46. The standard InChI is InChI=1S/C10H13N3O3S2/c1-7(10-11-4-5-12-10)13-18(15,16)9-3-2-8(6-14)17-9/h2-5,7,13-14H,6H2,1H3,(H,11,12). The van der Waals surface area contributed by atoms with Crippen molar-refractivity contribution in [3.63, 3.8) is 0 Å². The molecule has 1 unspecified atom stereocenters. The van der Waals surface area contributed by atoms with Crippen LogP contribution in [0.1, 0.15) is 23.7 Å². The van der Waals surface area contributed by atoms with Crippen molar-refractivity contribution in [3.8, 4) is 0 Å². The molecule has 0 saturated heterocycles. The number of rotatable bonds is 5. The van der Waals surface area contributed by atoms with Crippen LogP contribution in [0.15, 0.2) is 28.7 Å². The number of imidazole rings is 1. The molecule has 0 aliphatic rings. The van der Waals surface area contributed by atoms with E-state index >= 15 is 0 Å². The van der Waals surface area contributed by atoms with Crippen LogP contribution in [0.2, 0.25) is 0 Å². The monoisotopic (exact) mass is 287 g/mol. The lowest BCUT2D eigenvalue weighted by Crippen LogP contribution is -2.26. The number of aromatic amines is 1. The second-order valence-corrected chi connectivity index (χ2v) is 6.81. The summed E-state index contributed by atoms with van der Waals surface area (Å²) in [5.41, 5.74) is 0. The zero-order valence-electron chi connectivity index (χ0n) is 9.62. The van der Waals surface area contributed by atoms with Crippen molar-refractivity contribution < 1.29 is 13.5 Å². The lowest BCUT2D eigenvalue weighted by molar-refractivity contribution is 0.285. The highest BCUT2D eigenvalue weighted by Gasteiger charge is 2.21. The van der Waals surface area contributed by atoms with E-state index in [1.54, 1.807) is 25.4 Å². The van der Waals surface area contributed by atoms with E-state index in [4.69, 9.17) is 5.11 Å². The number of nitrogens with one attached hydrogen (secondary N) is 2. The predicted molar refractivity (Wildman–Crippen MR) is 67.6 cm³/mol. The summed E-state index contributed by atoms with van der Waals surface area (Å²) in [5, 5.41) is 8.93. The molecule has 2 heterocycles. The van der Waals surface area contributed by atoms with Gasteiger partial charge in [0, 0.05) is 17.3 Å². The molecule has 98 valence electrons. The van der Waals surface area contributed by atoms with Crippen LogP contribution >= 0.6 is 11.3 Å². The zero-order valence-corrected chi connectivity index (χ0v) is 11.3. The lowest BCUT2D eigenvalue weighted by Gasteiger charge is -2.10. The Morgan fingerprint density at radius 3 is 2.89 bits per heavy atom. The van der Waals surface area contributed by atoms with Crippen molar-refractivity contribution in [1.82, 2.24) is 14.7 Å². The van der Waals surface area contributed by atoms with Gasteiger partial charge in [0.1, 0.15) is 10.0 Å². The highest BCUT2D eigenvalue weighted by molar-refractivity contribution is 7.91. The zero-order chi connectivity index (χ0) is 13.2. The maximum absolute atomic E-state index is 12.0. The molecule has 0 aliphatic carbocycles. The van der Waals surface area contributed by atoms with Crippen LogP contribution in [0.5, 0.6) is 0 Å². The third-order valence-electron chi connectivity index (χ3n) is 2.32. The van der Waals surface area contributed by atoms with Gasteiger partial charge in [0.2, 0.25) is 0 Å². The first-order valence-electron chi connectivity index (χ1n) is 5.24. The molecule has 0 fully saturated rings. The van der Waals surface area contributed by atoms with Gasteiger partial charge in [-0.15, -0.1) is 11.3 Å². The molecule has 0 radical (unpaired) electrons. The number of aromatic nitrogens is 2. The molecule has 0 aromatic carbocycles. The Balaban J connectivity index is 2.17. The molecule has 2 rings (SSSR count). The average Bonchev–Trinajstić information content (AvgIpc) is 3.00. The van der Waals surface area contributed by atoms with Crippen molar-refractivity contribution in [1.29, 1.82) is 0 Å². The van der Waals surface area contributed by atoms with E-state index in [1.165, 1.54) is 6.07 Å². The highest BCUT2D eigenvalue weighted by Crippen LogP contribution is 2.22. The van der Waals surface area contributed by atoms with Gasteiger partial charge in [-0.2, -0.15) is 0 Å². The number of thiophene rings is 1. The summed E-state index contributed by atoms with van der Waals surface area (Å²) < 4.78 is 26.8. The minimum Gasteiger partial charge on any atom is -0.391 e. The molecule has 8 heteroatoms. The number of H-pyrrole nitrogens is 1. The number of hydrogen-bond acceptors (Lipinski definition) is 5. The Hall–Kier alpha value is -1.22. The summed E-state index contributed by atoms with van der Waals surface area (Å²) in [7, 11) is -3.58. The Labute approximate surface area is 109 Å². The fraction of sp³-hybridized carbons (Fsp3) is 0.300. The van der Waals surface area contributed by atoms with Crippen LogP contribution in [0, 0.1) is 0 Å². The third kappa shape index (κ3) is 2.78. The Kier molecular flexibility index (Phi) is 3.81. The van der Waals surface area contributed by atoms with Crippen molar-refractivity contribution in [2.75, 3.05) is 0 Å². The minimum atomic E-state index is -3.58. The quantitative estimate of drug-likeness (QED) is 0.764. The number of nitrogens with zero attached hydrogens (tertiary/aromatic N) is 1. The van der Waals surface area contributed by atoms with E-state index in [1.807, 2.05) is 0 Å². The Morgan fingerprint density at radius 2 is 2.33 bits per heavy atom. The molecule has 0 saturated carbocycles. The molecule has 6 nitrogen and oxygen atoms in total. The first-order valence-corrected chi connectivity index (χ1v) is 7.54. The predicted octanol–water partition coefficient (Wildman–Crippen LogP) is 1.00. The van der Waals surface area contributed by atoms with Crippen molar-refractivity contribution in [3.05, 3.63) is 35.2 Å². The fourth-order valence-electron chi connectivity index (χ4n) is 1.45. The lowest BCUT2D eigenvalue weighted by atomic mass is 10.3. The van der Waals surface area contributed by atoms with Crippen LogP contribution in [0.4, 0.5) is 0 Å². The summed E-state index contributed by atoms with van der Waals surface area (Å²) >= 11 is 1.05. The largest absolute Gasteiger partial charge is 0.391 e. The average molecular weight is 287 g/mol. The van der Waals surface area contributed by atoms with Crippen LogP contribution in [0.25, 0.3) is 0 Å². The van der Waals surface area contributed by atoms with E-state index in [9.17, 15) is 8.42 Å². The van der Waals surface area contributed by atoms with E-state index < -0.39 is 16.1 Å². The van der Waals surface area contributed by atoms with Gasteiger partial charge in [-0.05, 0) is 19.1 Å². The van der Waals surface area contributed by atoms with E-state index in [-0.39, 0.29) is 10.8 Å². The van der Waals surface area contributed by atoms with Gasteiger partial charge in [-0.3, -0.25) is 0 Å². The molecule has 0 aliphatic heterocycles. The second kappa shape index (κ2) is 5.19. The number of sulfonamides is 1. The van der Waals surface area contributed by atoms with E-state index in [0.717, 1.165) is 11.3 Å². The molecule has 0 spiro atoms. The number of aliphatic hydroxyl groups excluding tert-OH is 1. The number of hydrogen-bond donors (Lipinski definition) is 3. The molecule has 3 N–H and O–H groups in total. The molecule has 18 heavy (non-hydrogen) atoms. The van der Waals surface area contributed by atoms with Gasteiger partial charge in [0.05, 0.1) is 12.6 Å². The molecule has 2 aromatic rings. The molecular formula is C10H13N3O3S2. The van der Waals surface area contributed by atoms with Gasteiger partial charge < -0.3 is 10.1 Å². The highest BCUT2D eigenvalue weighted by atomic mass is 32.2. The van der Waals surface area contributed by atoms with Gasteiger partial charge in [-0.1, -0.05) is 0 Å². The summed E-state index contributed by atoms with van der Waals surface area (Å²) in [6, 6.07) is 2.63. The second-order valence-electron chi connectivity index (χ2n) is 3.70. The Morgan fingerprint density at radius 1 is 1.56 bits per heavy atom.